The summed E-state index contributed by atoms with van der Waals surface area (Å²) in [5.41, 5.74) is 2.29. The minimum atomic E-state index is -1.13. The second-order valence-corrected chi connectivity index (χ2v) is 8.17. The van der Waals surface area contributed by atoms with Crippen LogP contribution in [0.3, 0.4) is 0 Å². The van der Waals surface area contributed by atoms with Gasteiger partial charge in [-0.2, -0.15) is 0 Å². The SMILES string of the molecule is O=C(O)c1ccccc1Oc1nc(C2CCOCC2)c(-c2ccc(F)cc2)c2cccc(O)c12. The first-order valence-electron chi connectivity index (χ1n) is 11.0. The van der Waals surface area contributed by atoms with Crippen molar-refractivity contribution < 1.29 is 28.9 Å². The summed E-state index contributed by atoms with van der Waals surface area (Å²) in [5.74, 6) is -1.22. The second kappa shape index (κ2) is 9.11. The number of carboxylic acid groups (broad SMARTS) is 1. The predicted octanol–water partition coefficient (Wildman–Crippen LogP) is 6.13. The molecule has 1 saturated heterocycles. The van der Waals surface area contributed by atoms with Gasteiger partial charge in [-0.15, -0.1) is 0 Å². The van der Waals surface area contributed by atoms with Crippen LogP contribution < -0.4 is 4.74 Å². The Morgan fingerprint density at radius 2 is 1.74 bits per heavy atom. The average molecular weight is 459 g/mol. The number of nitrogens with zero attached hydrogens (tertiary/aromatic N) is 1. The summed E-state index contributed by atoms with van der Waals surface area (Å²) in [4.78, 5) is 16.6. The average Bonchev–Trinajstić information content (AvgIpc) is 2.85. The van der Waals surface area contributed by atoms with Crippen molar-refractivity contribution in [2.75, 3.05) is 13.2 Å². The number of rotatable bonds is 5. The van der Waals surface area contributed by atoms with Crippen LogP contribution in [0.5, 0.6) is 17.4 Å². The van der Waals surface area contributed by atoms with Crippen molar-refractivity contribution in [1.82, 2.24) is 4.98 Å². The summed E-state index contributed by atoms with van der Waals surface area (Å²) >= 11 is 0. The number of ether oxygens (including phenoxy) is 2. The van der Waals surface area contributed by atoms with Gasteiger partial charge in [0.2, 0.25) is 5.88 Å². The van der Waals surface area contributed by atoms with Crippen LogP contribution in [0, 0.1) is 5.82 Å². The van der Waals surface area contributed by atoms with Crippen LogP contribution >= 0.6 is 0 Å². The smallest absolute Gasteiger partial charge is 0.339 e. The molecule has 172 valence electrons. The van der Waals surface area contributed by atoms with E-state index in [0.29, 0.717) is 24.0 Å². The van der Waals surface area contributed by atoms with Gasteiger partial charge < -0.3 is 19.7 Å². The molecule has 1 aliphatic heterocycles. The van der Waals surface area contributed by atoms with Gasteiger partial charge in [-0.3, -0.25) is 0 Å². The third kappa shape index (κ3) is 4.06. The Kier molecular flexibility index (Phi) is 5.86. The number of para-hydroxylation sites is 1. The van der Waals surface area contributed by atoms with Crippen molar-refractivity contribution >= 4 is 16.7 Å². The number of phenolic OH excluding ortho intramolecular Hbond substituents is 1. The van der Waals surface area contributed by atoms with Crippen LogP contribution in [0.25, 0.3) is 21.9 Å². The molecule has 7 heteroatoms. The molecule has 0 bridgehead atoms. The number of aromatic carboxylic acids is 1. The lowest BCUT2D eigenvalue weighted by Gasteiger charge is -2.26. The number of phenols is 1. The highest BCUT2D eigenvalue weighted by Crippen LogP contribution is 2.45. The molecule has 1 fully saturated rings. The quantitative estimate of drug-likeness (QED) is 0.373. The van der Waals surface area contributed by atoms with Gasteiger partial charge in [0, 0.05) is 30.1 Å². The topological polar surface area (TPSA) is 88.9 Å². The van der Waals surface area contributed by atoms with E-state index in [-0.39, 0.29) is 34.7 Å². The second-order valence-electron chi connectivity index (χ2n) is 8.17. The number of aromatic nitrogens is 1. The fourth-order valence-corrected chi connectivity index (χ4v) is 4.43. The highest BCUT2D eigenvalue weighted by Gasteiger charge is 2.27. The molecule has 5 rings (SSSR count). The molecule has 2 heterocycles. The molecule has 0 aliphatic carbocycles. The van der Waals surface area contributed by atoms with E-state index in [9.17, 15) is 19.4 Å². The molecule has 3 aromatic carbocycles. The Hall–Kier alpha value is -3.97. The van der Waals surface area contributed by atoms with Gasteiger partial charge in [0.1, 0.15) is 22.9 Å². The fraction of sp³-hybridized carbons (Fsp3) is 0.185. The standard InChI is InChI=1S/C27H22FNO5/c28-18-10-8-16(9-11-18)23-20-5-3-6-21(30)24(20)26(29-25(23)17-12-14-33-15-13-17)34-22-7-2-1-4-19(22)27(31)32/h1-11,17,30H,12-15H2,(H,31,32). The molecular formula is C27H22FNO5. The van der Waals surface area contributed by atoms with E-state index in [0.717, 1.165) is 29.7 Å². The maximum atomic E-state index is 13.7. The molecule has 6 nitrogen and oxygen atoms in total. The highest BCUT2D eigenvalue weighted by molar-refractivity contribution is 6.03. The van der Waals surface area contributed by atoms with Gasteiger partial charge in [0.25, 0.3) is 0 Å². The number of fused-ring (bicyclic) bond motifs is 1. The normalized spacial score (nSPS) is 14.3. The zero-order chi connectivity index (χ0) is 23.7. The van der Waals surface area contributed by atoms with Gasteiger partial charge in [-0.1, -0.05) is 36.4 Å². The van der Waals surface area contributed by atoms with E-state index in [1.165, 1.54) is 24.3 Å². The molecule has 0 atom stereocenters. The summed E-state index contributed by atoms with van der Waals surface area (Å²) in [7, 11) is 0. The molecule has 4 aromatic rings. The first kappa shape index (κ1) is 21.9. The lowest BCUT2D eigenvalue weighted by molar-refractivity contribution is 0.0694. The highest BCUT2D eigenvalue weighted by atomic mass is 19.1. The van der Waals surface area contributed by atoms with Gasteiger partial charge >= 0.3 is 5.97 Å². The van der Waals surface area contributed by atoms with Crippen LogP contribution in [-0.4, -0.2) is 34.4 Å². The van der Waals surface area contributed by atoms with Gasteiger partial charge in [-0.25, -0.2) is 14.2 Å². The molecule has 0 unspecified atom stereocenters. The van der Waals surface area contributed by atoms with E-state index < -0.39 is 5.97 Å². The Morgan fingerprint density at radius 3 is 2.47 bits per heavy atom. The van der Waals surface area contributed by atoms with Crippen LogP contribution in [0.1, 0.15) is 34.8 Å². The lowest BCUT2D eigenvalue weighted by Crippen LogP contribution is -2.16. The van der Waals surface area contributed by atoms with Crippen molar-refractivity contribution in [3.8, 4) is 28.5 Å². The third-order valence-electron chi connectivity index (χ3n) is 6.07. The van der Waals surface area contributed by atoms with Crippen molar-refractivity contribution in [3.05, 3.63) is 83.8 Å². The number of pyridine rings is 1. The Bertz CT molecular complexity index is 1360. The van der Waals surface area contributed by atoms with E-state index in [1.54, 1.807) is 36.4 Å². The zero-order valence-corrected chi connectivity index (χ0v) is 18.2. The van der Waals surface area contributed by atoms with Gasteiger partial charge in [0.15, 0.2) is 0 Å². The molecule has 0 spiro atoms. The van der Waals surface area contributed by atoms with E-state index in [1.807, 2.05) is 6.07 Å². The summed E-state index contributed by atoms with van der Waals surface area (Å²) in [6.07, 6.45) is 1.49. The van der Waals surface area contributed by atoms with E-state index in [4.69, 9.17) is 14.5 Å². The van der Waals surface area contributed by atoms with Crippen LogP contribution in [0.15, 0.2) is 66.7 Å². The summed E-state index contributed by atoms with van der Waals surface area (Å²) in [6.45, 7) is 1.18. The molecule has 0 amide bonds. The monoisotopic (exact) mass is 459 g/mol. The maximum absolute atomic E-state index is 13.7. The number of hydrogen-bond donors (Lipinski definition) is 2. The number of halogens is 1. The fourth-order valence-electron chi connectivity index (χ4n) is 4.43. The van der Waals surface area contributed by atoms with Crippen molar-refractivity contribution in [3.63, 3.8) is 0 Å². The van der Waals surface area contributed by atoms with E-state index >= 15 is 0 Å². The van der Waals surface area contributed by atoms with Crippen LogP contribution in [-0.2, 0) is 4.74 Å². The number of aromatic hydroxyl groups is 1. The summed E-state index contributed by atoms with van der Waals surface area (Å²) in [6, 6.07) is 17.6. The predicted molar refractivity (Wildman–Crippen MR) is 125 cm³/mol. The number of benzene rings is 3. The van der Waals surface area contributed by atoms with Crippen molar-refractivity contribution in [2.24, 2.45) is 0 Å². The molecule has 0 radical (unpaired) electrons. The van der Waals surface area contributed by atoms with Crippen LogP contribution in [0.4, 0.5) is 4.39 Å². The molecule has 2 N–H and O–H groups in total. The first-order valence-corrected chi connectivity index (χ1v) is 11.0. The zero-order valence-electron chi connectivity index (χ0n) is 18.2. The lowest BCUT2D eigenvalue weighted by atomic mass is 9.87. The minimum Gasteiger partial charge on any atom is -0.507 e. The van der Waals surface area contributed by atoms with E-state index in [2.05, 4.69) is 0 Å². The Labute approximate surface area is 195 Å². The minimum absolute atomic E-state index is 0.0110. The third-order valence-corrected chi connectivity index (χ3v) is 6.07. The molecule has 34 heavy (non-hydrogen) atoms. The van der Waals surface area contributed by atoms with Crippen molar-refractivity contribution in [1.29, 1.82) is 0 Å². The maximum Gasteiger partial charge on any atom is 0.339 e. The number of carbonyl (C=O) groups is 1. The number of carboxylic acids is 1. The number of hydrogen-bond acceptors (Lipinski definition) is 5. The van der Waals surface area contributed by atoms with Crippen molar-refractivity contribution in [2.45, 2.75) is 18.8 Å². The Morgan fingerprint density at radius 1 is 1.00 bits per heavy atom. The molecule has 1 aliphatic rings. The Balaban J connectivity index is 1.78. The largest absolute Gasteiger partial charge is 0.507 e. The first-order chi connectivity index (χ1) is 16.5. The summed E-state index contributed by atoms with van der Waals surface area (Å²) < 4.78 is 25.3. The van der Waals surface area contributed by atoms with Crippen LogP contribution in [0.2, 0.25) is 0 Å². The molecule has 0 saturated carbocycles. The van der Waals surface area contributed by atoms with Gasteiger partial charge in [-0.05, 0) is 48.7 Å². The summed E-state index contributed by atoms with van der Waals surface area (Å²) in [5, 5.41) is 21.4. The molecular weight excluding hydrogens is 437 g/mol. The van der Waals surface area contributed by atoms with Gasteiger partial charge in [0.05, 0.1) is 11.1 Å². The molecule has 1 aromatic heterocycles.